The van der Waals surface area contributed by atoms with Crippen LogP contribution in [0.4, 0.5) is 0 Å². The molecule has 1 saturated heterocycles. The van der Waals surface area contributed by atoms with Crippen molar-refractivity contribution in [1.82, 2.24) is 4.90 Å². The topological polar surface area (TPSA) is 46.3 Å². The van der Waals surface area contributed by atoms with Gasteiger partial charge in [0, 0.05) is 25.0 Å². The third-order valence-corrected chi connectivity index (χ3v) is 5.13. The van der Waals surface area contributed by atoms with Crippen LogP contribution in [0.3, 0.4) is 0 Å². The van der Waals surface area contributed by atoms with Crippen molar-refractivity contribution in [1.29, 1.82) is 0 Å². The lowest BCUT2D eigenvalue weighted by Gasteiger charge is -2.24. The number of nitrogens with two attached hydrogens (primary N) is 1. The number of carbonyl (C=O) groups excluding carboxylic acids is 1. The van der Waals surface area contributed by atoms with Crippen molar-refractivity contribution in [3.63, 3.8) is 0 Å². The van der Waals surface area contributed by atoms with Crippen LogP contribution in [0.5, 0.6) is 0 Å². The van der Waals surface area contributed by atoms with Gasteiger partial charge >= 0.3 is 0 Å². The number of hydrogen-bond donors (Lipinski definition) is 1. The van der Waals surface area contributed by atoms with Crippen LogP contribution in [0.1, 0.15) is 50.0 Å². The monoisotopic (exact) mass is 286 g/mol. The van der Waals surface area contributed by atoms with E-state index in [1.807, 2.05) is 0 Å². The summed E-state index contributed by atoms with van der Waals surface area (Å²) < 4.78 is 0. The molecule has 0 radical (unpaired) electrons. The van der Waals surface area contributed by atoms with Gasteiger partial charge in [0.05, 0.1) is 0 Å². The number of hydrogen-bond acceptors (Lipinski definition) is 2. The van der Waals surface area contributed by atoms with E-state index in [0.717, 1.165) is 45.2 Å². The fourth-order valence-electron chi connectivity index (χ4n) is 3.87. The zero-order chi connectivity index (χ0) is 14.7. The van der Waals surface area contributed by atoms with Crippen LogP contribution in [0.2, 0.25) is 0 Å². The molecule has 2 fully saturated rings. The van der Waals surface area contributed by atoms with Crippen LogP contribution >= 0.6 is 0 Å². The molecular formula is C18H26N2O. The van der Waals surface area contributed by atoms with Crippen molar-refractivity contribution in [2.75, 3.05) is 13.1 Å². The molecule has 3 unspecified atom stereocenters. The number of likely N-dealkylation sites (tertiary alicyclic amines) is 1. The summed E-state index contributed by atoms with van der Waals surface area (Å²) in [5.74, 6) is 1.15. The molecule has 2 aliphatic rings. The predicted octanol–water partition coefficient (Wildman–Crippen LogP) is 2.91. The molecule has 3 nitrogen and oxygen atoms in total. The second-order valence-corrected chi connectivity index (χ2v) is 6.63. The molecular weight excluding hydrogens is 260 g/mol. The van der Waals surface area contributed by atoms with Gasteiger partial charge in [-0.2, -0.15) is 0 Å². The van der Waals surface area contributed by atoms with Gasteiger partial charge in [0.2, 0.25) is 5.91 Å². The highest BCUT2D eigenvalue weighted by molar-refractivity contribution is 5.79. The molecule has 3 rings (SSSR count). The van der Waals surface area contributed by atoms with Crippen molar-refractivity contribution in [3.8, 4) is 0 Å². The van der Waals surface area contributed by atoms with E-state index in [1.165, 1.54) is 12.0 Å². The van der Waals surface area contributed by atoms with Gasteiger partial charge in [0.25, 0.3) is 0 Å². The maximum absolute atomic E-state index is 12.6. The summed E-state index contributed by atoms with van der Waals surface area (Å²) >= 11 is 0. The number of benzene rings is 1. The van der Waals surface area contributed by atoms with E-state index in [0.29, 0.717) is 11.8 Å². The van der Waals surface area contributed by atoms with Gasteiger partial charge < -0.3 is 10.6 Å². The number of amides is 1. The van der Waals surface area contributed by atoms with E-state index in [-0.39, 0.29) is 12.0 Å². The summed E-state index contributed by atoms with van der Waals surface area (Å²) in [5.41, 5.74) is 7.38. The third kappa shape index (κ3) is 3.46. The molecule has 0 aromatic heterocycles. The number of carbonyl (C=O) groups is 1. The Bertz CT molecular complexity index is 473. The third-order valence-electron chi connectivity index (χ3n) is 5.13. The molecule has 3 heteroatoms. The van der Waals surface area contributed by atoms with Gasteiger partial charge in [-0.05, 0) is 50.0 Å². The SMILES string of the molecule is NC1CCC(C(=O)N2CCCC(c3ccccc3)CC2)C1. The molecule has 0 bridgehead atoms. The number of nitrogens with zero attached hydrogens (tertiary/aromatic N) is 1. The van der Waals surface area contributed by atoms with Gasteiger partial charge in [0.15, 0.2) is 0 Å². The Morgan fingerprint density at radius 3 is 2.57 bits per heavy atom. The first-order valence-electron chi connectivity index (χ1n) is 8.33. The summed E-state index contributed by atoms with van der Waals surface area (Å²) in [6.07, 6.45) is 6.28. The van der Waals surface area contributed by atoms with Crippen LogP contribution in [0, 0.1) is 5.92 Å². The summed E-state index contributed by atoms with van der Waals surface area (Å²) in [7, 11) is 0. The molecule has 1 amide bonds. The quantitative estimate of drug-likeness (QED) is 0.908. The van der Waals surface area contributed by atoms with E-state index in [1.54, 1.807) is 0 Å². The first kappa shape index (κ1) is 14.6. The Morgan fingerprint density at radius 2 is 1.86 bits per heavy atom. The summed E-state index contributed by atoms with van der Waals surface area (Å²) in [4.78, 5) is 14.7. The van der Waals surface area contributed by atoms with Gasteiger partial charge in [-0.15, -0.1) is 0 Å². The maximum Gasteiger partial charge on any atom is 0.225 e. The lowest BCUT2D eigenvalue weighted by molar-refractivity contribution is -0.135. The molecule has 1 saturated carbocycles. The average molecular weight is 286 g/mol. The molecule has 3 atom stereocenters. The Morgan fingerprint density at radius 1 is 1.05 bits per heavy atom. The lowest BCUT2D eigenvalue weighted by atomic mass is 9.92. The molecule has 114 valence electrons. The standard InChI is InChI=1S/C18H26N2O/c19-17-9-8-16(13-17)18(21)20-11-4-7-15(10-12-20)14-5-2-1-3-6-14/h1-3,5-6,15-17H,4,7-13,19H2. The molecule has 2 N–H and O–H groups in total. The van der Waals surface area contributed by atoms with Crippen molar-refractivity contribution in [2.24, 2.45) is 11.7 Å². The van der Waals surface area contributed by atoms with E-state index in [9.17, 15) is 4.79 Å². The second-order valence-electron chi connectivity index (χ2n) is 6.63. The van der Waals surface area contributed by atoms with Crippen LogP contribution < -0.4 is 5.73 Å². The largest absolute Gasteiger partial charge is 0.342 e. The summed E-state index contributed by atoms with van der Waals surface area (Å²) in [6.45, 7) is 1.83. The Labute approximate surface area is 127 Å². The van der Waals surface area contributed by atoms with Crippen LogP contribution in [0.15, 0.2) is 30.3 Å². The fourth-order valence-corrected chi connectivity index (χ4v) is 3.87. The van der Waals surface area contributed by atoms with Crippen LogP contribution in [0.25, 0.3) is 0 Å². The van der Waals surface area contributed by atoms with Gasteiger partial charge in [-0.1, -0.05) is 30.3 Å². The Kier molecular flexibility index (Phi) is 4.59. The first-order chi connectivity index (χ1) is 10.2. The predicted molar refractivity (Wildman–Crippen MR) is 84.9 cm³/mol. The zero-order valence-electron chi connectivity index (χ0n) is 12.7. The van der Waals surface area contributed by atoms with E-state index in [4.69, 9.17) is 5.73 Å². The molecule has 1 aliphatic carbocycles. The summed E-state index contributed by atoms with van der Waals surface area (Å²) in [6, 6.07) is 11.0. The molecule has 1 aromatic carbocycles. The van der Waals surface area contributed by atoms with Crippen LogP contribution in [-0.2, 0) is 4.79 Å². The van der Waals surface area contributed by atoms with E-state index < -0.39 is 0 Å². The van der Waals surface area contributed by atoms with Gasteiger partial charge in [-0.25, -0.2) is 0 Å². The molecule has 21 heavy (non-hydrogen) atoms. The van der Waals surface area contributed by atoms with Crippen molar-refractivity contribution in [3.05, 3.63) is 35.9 Å². The smallest absolute Gasteiger partial charge is 0.225 e. The Hall–Kier alpha value is -1.35. The highest BCUT2D eigenvalue weighted by Crippen LogP contribution is 2.31. The minimum atomic E-state index is 0.188. The minimum absolute atomic E-state index is 0.188. The normalized spacial score (nSPS) is 30.1. The fraction of sp³-hybridized carbons (Fsp3) is 0.611. The molecule has 0 spiro atoms. The molecule has 1 aromatic rings. The molecule has 1 aliphatic heterocycles. The first-order valence-corrected chi connectivity index (χ1v) is 8.33. The van der Waals surface area contributed by atoms with Crippen LogP contribution in [-0.4, -0.2) is 29.9 Å². The van der Waals surface area contributed by atoms with E-state index in [2.05, 4.69) is 35.2 Å². The van der Waals surface area contributed by atoms with Crippen molar-refractivity contribution >= 4 is 5.91 Å². The van der Waals surface area contributed by atoms with E-state index >= 15 is 0 Å². The molecule has 1 heterocycles. The highest BCUT2D eigenvalue weighted by Gasteiger charge is 2.32. The average Bonchev–Trinajstić information content (AvgIpc) is 2.81. The minimum Gasteiger partial charge on any atom is -0.342 e. The van der Waals surface area contributed by atoms with Gasteiger partial charge in [-0.3, -0.25) is 4.79 Å². The zero-order valence-corrected chi connectivity index (χ0v) is 12.7. The van der Waals surface area contributed by atoms with Gasteiger partial charge in [0.1, 0.15) is 0 Å². The van der Waals surface area contributed by atoms with Crippen molar-refractivity contribution in [2.45, 2.75) is 50.5 Å². The highest BCUT2D eigenvalue weighted by atomic mass is 16.2. The number of rotatable bonds is 2. The lowest BCUT2D eigenvalue weighted by Crippen LogP contribution is -2.36. The Balaban J connectivity index is 1.59. The second kappa shape index (κ2) is 6.61. The maximum atomic E-state index is 12.6. The summed E-state index contributed by atoms with van der Waals surface area (Å²) in [5, 5.41) is 0. The van der Waals surface area contributed by atoms with Crippen molar-refractivity contribution < 1.29 is 4.79 Å².